The number of rotatable bonds is 3. The van der Waals surface area contributed by atoms with Crippen molar-refractivity contribution in [1.82, 2.24) is 10.9 Å². The van der Waals surface area contributed by atoms with E-state index in [2.05, 4.69) is 10.9 Å². The van der Waals surface area contributed by atoms with Gasteiger partial charge in [0.15, 0.2) is 0 Å². The maximum absolute atomic E-state index is 11.5. The van der Waals surface area contributed by atoms with E-state index < -0.39 is 0 Å². The lowest BCUT2D eigenvalue weighted by atomic mass is 10.0. The van der Waals surface area contributed by atoms with Crippen molar-refractivity contribution in [3.63, 3.8) is 0 Å². The van der Waals surface area contributed by atoms with Crippen molar-refractivity contribution < 1.29 is 9.53 Å². The predicted octanol–water partition coefficient (Wildman–Crippen LogP) is 0.740. The summed E-state index contributed by atoms with van der Waals surface area (Å²) in [4.78, 5) is 11.5. The Morgan fingerprint density at radius 1 is 1.53 bits per heavy atom. The lowest BCUT2D eigenvalue weighted by Gasteiger charge is -2.10. The smallest absolute Gasteiger partial charge is 0.324 e. The average molecular weight is 235 g/mol. The van der Waals surface area contributed by atoms with Crippen LogP contribution in [-0.4, -0.2) is 18.6 Å². The number of carbonyl (C=O) groups excluding carboxylic acids is 1. The molecule has 1 fully saturated rings. The molecule has 0 aromatic heterocycles. The Balaban J connectivity index is 2.00. The van der Waals surface area contributed by atoms with Crippen molar-refractivity contribution in [2.75, 3.05) is 12.3 Å². The number of hydrogen-bond acceptors (Lipinski definition) is 5. The lowest BCUT2D eigenvalue weighted by molar-refractivity contribution is -0.145. The highest BCUT2D eigenvalue weighted by atomic mass is 16.5. The summed E-state index contributed by atoms with van der Waals surface area (Å²) in [6.07, 6.45) is 0.669. The number of benzene rings is 1. The second-order valence-electron chi connectivity index (χ2n) is 4.05. The Hall–Kier alpha value is -1.59. The fraction of sp³-hybridized carbons (Fsp3) is 0.417. The largest absolute Gasteiger partial charge is 0.465 e. The Labute approximate surface area is 100 Å². The Kier molecular flexibility index (Phi) is 3.61. The van der Waals surface area contributed by atoms with Gasteiger partial charge in [0.05, 0.1) is 6.61 Å². The van der Waals surface area contributed by atoms with Crippen molar-refractivity contribution in [3.8, 4) is 0 Å². The van der Waals surface area contributed by atoms with Gasteiger partial charge in [-0.15, -0.1) is 0 Å². The van der Waals surface area contributed by atoms with Gasteiger partial charge in [0.2, 0.25) is 0 Å². The minimum Gasteiger partial charge on any atom is -0.465 e. The molecule has 1 aliphatic rings. The first-order valence-electron chi connectivity index (χ1n) is 5.74. The number of hydrogen-bond donors (Lipinski definition) is 3. The number of nitrogen functional groups attached to an aromatic ring is 1. The molecule has 5 heteroatoms. The average Bonchev–Trinajstić information content (AvgIpc) is 2.78. The molecule has 4 N–H and O–H groups in total. The van der Waals surface area contributed by atoms with Crippen LogP contribution in [0.25, 0.3) is 0 Å². The summed E-state index contributed by atoms with van der Waals surface area (Å²) < 4.78 is 4.97. The van der Waals surface area contributed by atoms with Gasteiger partial charge in [0.25, 0.3) is 0 Å². The molecule has 0 radical (unpaired) electrons. The molecule has 0 bridgehead atoms. The highest BCUT2D eigenvalue weighted by molar-refractivity contribution is 5.76. The number of esters is 1. The number of anilines is 1. The summed E-state index contributed by atoms with van der Waals surface area (Å²) in [5.41, 5.74) is 13.6. The van der Waals surface area contributed by atoms with Gasteiger partial charge in [0, 0.05) is 11.7 Å². The highest BCUT2D eigenvalue weighted by Gasteiger charge is 2.30. The minimum atomic E-state index is -0.290. The van der Waals surface area contributed by atoms with Crippen LogP contribution in [0.15, 0.2) is 24.3 Å². The molecular weight excluding hydrogens is 218 g/mol. The molecule has 2 unspecified atom stereocenters. The zero-order chi connectivity index (χ0) is 12.3. The quantitative estimate of drug-likeness (QED) is 0.532. The van der Waals surface area contributed by atoms with Crippen LogP contribution in [0.3, 0.4) is 0 Å². The fourth-order valence-corrected chi connectivity index (χ4v) is 1.95. The Bertz CT molecular complexity index is 408. The van der Waals surface area contributed by atoms with Gasteiger partial charge in [-0.05, 0) is 31.0 Å². The lowest BCUT2D eigenvalue weighted by Crippen LogP contribution is -2.37. The van der Waals surface area contributed by atoms with E-state index in [1.165, 1.54) is 0 Å². The monoisotopic (exact) mass is 235 g/mol. The highest BCUT2D eigenvalue weighted by Crippen LogP contribution is 2.23. The molecule has 0 amide bonds. The third kappa shape index (κ3) is 2.75. The zero-order valence-corrected chi connectivity index (χ0v) is 9.77. The van der Waals surface area contributed by atoms with Crippen LogP contribution < -0.4 is 16.6 Å². The van der Waals surface area contributed by atoms with Crippen LogP contribution in [0.5, 0.6) is 0 Å². The molecule has 1 aromatic rings. The maximum Gasteiger partial charge on any atom is 0.324 e. The summed E-state index contributed by atoms with van der Waals surface area (Å²) in [6, 6.07) is 7.45. The first kappa shape index (κ1) is 11.9. The Morgan fingerprint density at radius 2 is 2.35 bits per heavy atom. The van der Waals surface area contributed by atoms with E-state index in [9.17, 15) is 4.79 Å². The summed E-state index contributed by atoms with van der Waals surface area (Å²) in [5, 5.41) is 0. The molecule has 0 saturated carbocycles. The van der Waals surface area contributed by atoms with E-state index in [0.717, 1.165) is 11.3 Å². The van der Waals surface area contributed by atoms with Crippen LogP contribution in [0.2, 0.25) is 0 Å². The molecule has 1 aliphatic heterocycles. The molecular formula is C12H17N3O2. The zero-order valence-electron chi connectivity index (χ0n) is 9.77. The van der Waals surface area contributed by atoms with Gasteiger partial charge in [-0.2, -0.15) is 0 Å². The normalized spacial score (nSPS) is 23.6. The van der Waals surface area contributed by atoms with Gasteiger partial charge in [-0.1, -0.05) is 12.1 Å². The molecule has 17 heavy (non-hydrogen) atoms. The summed E-state index contributed by atoms with van der Waals surface area (Å²) >= 11 is 0. The predicted molar refractivity (Wildman–Crippen MR) is 64.9 cm³/mol. The first-order chi connectivity index (χ1) is 8.20. The molecule has 2 atom stereocenters. The van der Waals surface area contributed by atoms with Gasteiger partial charge in [-0.25, -0.2) is 10.9 Å². The molecule has 92 valence electrons. The number of hydrazine groups is 1. The molecule has 2 rings (SSSR count). The van der Waals surface area contributed by atoms with Gasteiger partial charge >= 0.3 is 5.97 Å². The second-order valence-corrected chi connectivity index (χ2v) is 4.05. The van der Waals surface area contributed by atoms with E-state index in [1.807, 2.05) is 24.3 Å². The van der Waals surface area contributed by atoms with E-state index in [1.54, 1.807) is 6.92 Å². The van der Waals surface area contributed by atoms with Crippen molar-refractivity contribution in [2.45, 2.75) is 25.4 Å². The standard InChI is InChI=1S/C12H17N3O2/c1-2-17-12(16)11-7-10(14-15-11)8-4-3-5-9(13)6-8/h3-6,10-11,14-15H,2,7,13H2,1H3. The van der Waals surface area contributed by atoms with E-state index >= 15 is 0 Å². The second kappa shape index (κ2) is 5.16. The summed E-state index contributed by atoms with van der Waals surface area (Å²) in [7, 11) is 0. The van der Waals surface area contributed by atoms with Crippen molar-refractivity contribution >= 4 is 11.7 Å². The molecule has 5 nitrogen and oxygen atoms in total. The topological polar surface area (TPSA) is 76.4 Å². The number of nitrogens with two attached hydrogens (primary N) is 1. The van der Waals surface area contributed by atoms with E-state index in [-0.39, 0.29) is 18.1 Å². The van der Waals surface area contributed by atoms with Crippen LogP contribution >= 0.6 is 0 Å². The number of nitrogens with one attached hydrogen (secondary N) is 2. The van der Waals surface area contributed by atoms with Crippen molar-refractivity contribution in [2.24, 2.45) is 0 Å². The third-order valence-corrected chi connectivity index (χ3v) is 2.79. The van der Waals surface area contributed by atoms with E-state index in [4.69, 9.17) is 10.5 Å². The molecule has 0 spiro atoms. The molecule has 0 aliphatic carbocycles. The van der Waals surface area contributed by atoms with Gasteiger partial charge in [-0.3, -0.25) is 4.79 Å². The van der Waals surface area contributed by atoms with Gasteiger partial charge < -0.3 is 10.5 Å². The third-order valence-electron chi connectivity index (χ3n) is 2.79. The van der Waals surface area contributed by atoms with Crippen LogP contribution in [-0.2, 0) is 9.53 Å². The van der Waals surface area contributed by atoms with Gasteiger partial charge in [0.1, 0.15) is 6.04 Å². The SMILES string of the molecule is CCOC(=O)C1CC(c2cccc(N)c2)NN1. The number of carbonyl (C=O) groups is 1. The van der Waals surface area contributed by atoms with E-state index in [0.29, 0.717) is 13.0 Å². The van der Waals surface area contributed by atoms with Crippen molar-refractivity contribution in [3.05, 3.63) is 29.8 Å². The summed E-state index contributed by atoms with van der Waals surface area (Å²) in [6.45, 7) is 2.20. The molecule has 1 saturated heterocycles. The van der Waals surface area contributed by atoms with Crippen LogP contribution in [0, 0.1) is 0 Å². The number of ether oxygens (including phenoxy) is 1. The minimum absolute atomic E-state index is 0.0907. The van der Waals surface area contributed by atoms with Crippen LogP contribution in [0.1, 0.15) is 24.9 Å². The first-order valence-corrected chi connectivity index (χ1v) is 5.74. The van der Waals surface area contributed by atoms with Crippen LogP contribution in [0.4, 0.5) is 5.69 Å². The fourth-order valence-electron chi connectivity index (χ4n) is 1.95. The molecule has 1 aromatic carbocycles. The summed E-state index contributed by atoms with van der Waals surface area (Å²) in [5.74, 6) is -0.216. The maximum atomic E-state index is 11.5. The van der Waals surface area contributed by atoms with Crippen molar-refractivity contribution in [1.29, 1.82) is 0 Å². The molecule has 1 heterocycles. The Morgan fingerprint density at radius 3 is 3.06 bits per heavy atom.